The third-order valence-electron chi connectivity index (χ3n) is 4.90. The lowest BCUT2D eigenvalue weighted by molar-refractivity contribution is -0.151. The van der Waals surface area contributed by atoms with E-state index in [0.29, 0.717) is 6.42 Å². The molecule has 0 radical (unpaired) electrons. The summed E-state index contributed by atoms with van der Waals surface area (Å²) in [4.78, 5) is 13.1. The molecule has 6 heteroatoms. The van der Waals surface area contributed by atoms with Gasteiger partial charge in [-0.3, -0.25) is 4.79 Å². The van der Waals surface area contributed by atoms with Gasteiger partial charge in [0, 0.05) is 6.54 Å². The van der Waals surface area contributed by atoms with E-state index in [1.807, 2.05) is 51.1 Å². The Kier molecular flexibility index (Phi) is 8.17. The van der Waals surface area contributed by atoms with Crippen LogP contribution in [-0.2, 0) is 26.2 Å². The van der Waals surface area contributed by atoms with E-state index in [4.69, 9.17) is 4.74 Å². The second-order valence-corrected chi connectivity index (χ2v) is 8.99. The van der Waals surface area contributed by atoms with Gasteiger partial charge in [-0.25, -0.2) is 8.42 Å². The fourth-order valence-corrected chi connectivity index (χ4v) is 4.65. The van der Waals surface area contributed by atoms with E-state index in [-0.39, 0.29) is 24.0 Å². The van der Waals surface area contributed by atoms with Gasteiger partial charge in [0.05, 0.1) is 4.90 Å². The number of esters is 1. The normalized spacial score (nSPS) is 13.7. The average molecular weight is 416 g/mol. The van der Waals surface area contributed by atoms with Crippen LogP contribution in [0.2, 0.25) is 0 Å². The molecule has 5 nitrogen and oxygen atoms in total. The number of sulfonamides is 1. The van der Waals surface area contributed by atoms with Gasteiger partial charge < -0.3 is 4.74 Å². The number of aryl methyl sites for hydroxylation is 1. The molecule has 2 atom stereocenters. The molecule has 0 aliphatic rings. The zero-order valence-electron chi connectivity index (χ0n) is 17.2. The van der Waals surface area contributed by atoms with Crippen molar-refractivity contribution >= 4 is 16.0 Å². The Balaban J connectivity index is 2.35. The van der Waals surface area contributed by atoms with Crippen molar-refractivity contribution in [3.05, 3.63) is 78.4 Å². The summed E-state index contributed by atoms with van der Waals surface area (Å²) in [5.74, 6) is -0.779. The summed E-state index contributed by atoms with van der Waals surface area (Å²) in [6.07, 6.45) is 2.12. The van der Waals surface area contributed by atoms with Crippen molar-refractivity contribution in [2.75, 3.05) is 6.54 Å². The third-order valence-corrected chi connectivity index (χ3v) is 6.76. The summed E-state index contributed by atoms with van der Waals surface area (Å²) >= 11 is 0. The maximum Gasteiger partial charge on any atom is 0.325 e. The molecule has 2 aromatic rings. The van der Waals surface area contributed by atoms with Crippen molar-refractivity contribution in [2.45, 2.75) is 44.7 Å². The lowest BCUT2D eigenvalue weighted by Gasteiger charge is -2.32. The Morgan fingerprint density at radius 1 is 1.14 bits per heavy atom. The number of ether oxygens (including phenoxy) is 1. The Labute approximate surface area is 174 Å². The monoisotopic (exact) mass is 415 g/mol. The molecule has 1 unspecified atom stereocenters. The first kappa shape index (κ1) is 22.8. The van der Waals surface area contributed by atoms with E-state index in [1.54, 1.807) is 24.3 Å². The highest BCUT2D eigenvalue weighted by Crippen LogP contribution is 2.25. The summed E-state index contributed by atoms with van der Waals surface area (Å²) in [6.45, 7) is 9.47. The molecule has 0 saturated carbocycles. The van der Waals surface area contributed by atoms with E-state index in [0.717, 1.165) is 11.1 Å². The van der Waals surface area contributed by atoms with E-state index in [1.165, 1.54) is 10.4 Å². The van der Waals surface area contributed by atoms with Crippen LogP contribution in [-0.4, -0.2) is 31.3 Å². The average Bonchev–Trinajstić information content (AvgIpc) is 2.72. The number of nitrogens with zero attached hydrogens (tertiary/aromatic N) is 1. The first-order valence-electron chi connectivity index (χ1n) is 9.71. The van der Waals surface area contributed by atoms with E-state index < -0.39 is 22.0 Å². The molecular formula is C23H29NO4S. The van der Waals surface area contributed by atoms with Crippen LogP contribution in [0.25, 0.3) is 0 Å². The van der Waals surface area contributed by atoms with Crippen LogP contribution in [0.3, 0.4) is 0 Å². The first-order valence-corrected chi connectivity index (χ1v) is 11.1. The fraction of sp³-hybridized carbons (Fsp3) is 0.348. The fourth-order valence-electron chi connectivity index (χ4n) is 3.01. The van der Waals surface area contributed by atoms with Crippen molar-refractivity contribution in [3.63, 3.8) is 0 Å². The highest BCUT2D eigenvalue weighted by atomic mass is 32.2. The topological polar surface area (TPSA) is 63.7 Å². The molecule has 156 valence electrons. The van der Waals surface area contributed by atoms with Crippen LogP contribution < -0.4 is 0 Å². The summed E-state index contributed by atoms with van der Waals surface area (Å²) in [5, 5.41) is 0. The van der Waals surface area contributed by atoms with Gasteiger partial charge in [0.25, 0.3) is 0 Å². The van der Waals surface area contributed by atoms with Gasteiger partial charge in [-0.05, 0) is 30.5 Å². The van der Waals surface area contributed by atoms with Gasteiger partial charge in [-0.2, -0.15) is 4.31 Å². The Bertz CT molecular complexity index is 908. The second-order valence-electron chi connectivity index (χ2n) is 7.10. The van der Waals surface area contributed by atoms with Crippen LogP contribution in [0.15, 0.2) is 72.1 Å². The number of carbonyl (C=O) groups excluding carboxylic acids is 1. The Morgan fingerprint density at radius 2 is 1.76 bits per heavy atom. The lowest BCUT2D eigenvalue weighted by atomic mass is 9.99. The molecule has 0 aliphatic carbocycles. The van der Waals surface area contributed by atoms with Crippen LogP contribution in [0.5, 0.6) is 0 Å². The lowest BCUT2D eigenvalue weighted by Crippen LogP contribution is -2.49. The van der Waals surface area contributed by atoms with Crippen molar-refractivity contribution in [1.29, 1.82) is 0 Å². The molecule has 0 fully saturated rings. The predicted octanol–water partition coefficient (Wildman–Crippen LogP) is 4.33. The maximum atomic E-state index is 13.3. The molecule has 0 spiro atoms. The van der Waals surface area contributed by atoms with Crippen LogP contribution in [0, 0.1) is 12.8 Å². The van der Waals surface area contributed by atoms with Gasteiger partial charge in [0.2, 0.25) is 10.0 Å². The number of hydrogen-bond acceptors (Lipinski definition) is 4. The summed E-state index contributed by atoms with van der Waals surface area (Å²) < 4.78 is 33.4. The van der Waals surface area contributed by atoms with Crippen LogP contribution >= 0.6 is 0 Å². The molecule has 0 heterocycles. The standard InChI is InChI=1S/C23H29NO4S/c1-5-16-24(29(26,27)21-14-12-18(3)13-15-21)22(19(4)6-2)23(25)28-17-20-10-8-7-9-11-20/h5,7-15,19,22H,1,6,16-17H2,2-4H3/t19?,22-/m0/s1. The van der Waals surface area contributed by atoms with Crippen molar-refractivity contribution < 1.29 is 17.9 Å². The minimum atomic E-state index is -3.90. The maximum absolute atomic E-state index is 13.3. The van der Waals surface area contributed by atoms with Crippen molar-refractivity contribution in [1.82, 2.24) is 4.31 Å². The zero-order chi connectivity index (χ0) is 21.4. The highest BCUT2D eigenvalue weighted by molar-refractivity contribution is 7.89. The van der Waals surface area contributed by atoms with Crippen LogP contribution in [0.4, 0.5) is 0 Å². The van der Waals surface area contributed by atoms with E-state index in [2.05, 4.69) is 6.58 Å². The third kappa shape index (κ3) is 5.78. The Morgan fingerprint density at radius 3 is 2.31 bits per heavy atom. The molecule has 0 aliphatic heterocycles. The van der Waals surface area contributed by atoms with Gasteiger partial charge in [-0.15, -0.1) is 6.58 Å². The number of hydrogen-bond donors (Lipinski definition) is 0. The molecule has 2 aromatic carbocycles. The molecular weight excluding hydrogens is 386 g/mol. The largest absolute Gasteiger partial charge is 0.460 e. The summed E-state index contributed by atoms with van der Waals surface area (Å²) in [6, 6.07) is 15.0. The molecule has 0 saturated heterocycles. The summed E-state index contributed by atoms with van der Waals surface area (Å²) in [5.41, 5.74) is 1.81. The number of rotatable bonds is 10. The molecule has 0 N–H and O–H groups in total. The zero-order valence-corrected chi connectivity index (χ0v) is 18.1. The molecule has 2 rings (SSSR count). The number of carbonyl (C=O) groups is 1. The van der Waals surface area contributed by atoms with Gasteiger partial charge in [0.1, 0.15) is 12.6 Å². The highest BCUT2D eigenvalue weighted by Gasteiger charge is 2.39. The molecule has 0 amide bonds. The number of benzene rings is 2. The second kappa shape index (κ2) is 10.4. The minimum absolute atomic E-state index is 0.0195. The van der Waals surface area contributed by atoms with Crippen molar-refractivity contribution in [3.8, 4) is 0 Å². The van der Waals surface area contributed by atoms with Gasteiger partial charge in [0.15, 0.2) is 0 Å². The molecule has 29 heavy (non-hydrogen) atoms. The van der Waals surface area contributed by atoms with Crippen LogP contribution in [0.1, 0.15) is 31.4 Å². The van der Waals surface area contributed by atoms with Gasteiger partial charge in [-0.1, -0.05) is 74.4 Å². The SMILES string of the molecule is C=CCN([C@H](C(=O)OCc1ccccc1)C(C)CC)S(=O)(=O)c1ccc(C)cc1. The smallest absolute Gasteiger partial charge is 0.325 e. The van der Waals surface area contributed by atoms with Gasteiger partial charge >= 0.3 is 5.97 Å². The quantitative estimate of drug-likeness (QED) is 0.428. The summed E-state index contributed by atoms with van der Waals surface area (Å²) in [7, 11) is -3.90. The Hall–Kier alpha value is -2.44. The van der Waals surface area contributed by atoms with E-state index >= 15 is 0 Å². The molecule has 0 aromatic heterocycles. The minimum Gasteiger partial charge on any atom is -0.460 e. The van der Waals surface area contributed by atoms with Crippen molar-refractivity contribution in [2.24, 2.45) is 5.92 Å². The predicted molar refractivity (Wildman–Crippen MR) is 115 cm³/mol. The molecule has 0 bridgehead atoms. The first-order chi connectivity index (χ1) is 13.8. The van der Waals surface area contributed by atoms with E-state index in [9.17, 15) is 13.2 Å².